The van der Waals surface area contributed by atoms with Crippen molar-refractivity contribution in [3.63, 3.8) is 0 Å². The van der Waals surface area contributed by atoms with Crippen LogP contribution in [0.15, 0.2) is 4.52 Å². The first-order valence-corrected chi connectivity index (χ1v) is 11.9. The molecule has 1 N–H and O–H groups in total. The molecular formula is C24H39N5O3. The molecule has 1 aromatic heterocycles. The molecule has 4 heterocycles. The highest BCUT2D eigenvalue weighted by molar-refractivity contribution is 5.92. The Balaban J connectivity index is 1.39. The first-order valence-electron chi connectivity index (χ1n) is 11.9. The van der Waals surface area contributed by atoms with Crippen LogP contribution < -0.4 is 5.32 Å². The maximum absolute atomic E-state index is 13.3. The zero-order valence-corrected chi connectivity index (χ0v) is 20.5. The Morgan fingerprint density at radius 3 is 2.50 bits per heavy atom. The molecular weight excluding hydrogens is 406 g/mol. The van der Waals surface area contributed by atoms with Gasteiger partial charge in [-0.2, -0.15) is 0 Å². The highest BCUT2D eigenvalue weighted by Gasteiger charge is 2.49. The zero-order valence-electron chi connectivity index (χ0n) is 20.5. The number of likely N-dealkylation sites (N-methyl/N-ethyl adjacent to an activating group) is 1. The van der Waals surface area contributed by atoms with E-state index in [0.29, 0.717) is 13.0 Å². The summed E-state index contributed by atoms with van der Waals surface area (Å²) in [5.74, 6) is 1.02. The lowest BCUT2D eigenvalue weighted by atomic mass is 9.83. The van der Waals surface area contributed by atoms with E-state index < -0.39 is 5.54 Å². The SMILES string of the molecule is Cc1noc(C)c1CN1CCC2(CC1)CC(=O)N1C[C@@H](N(C)CC(C)(C)C)C[C@H]1C(=O)N2. The van der Waals surface area contributed by atoms with Crippen LogP contribution in [0.2, 0.25) is 0 Å². The smallest absolute Gasteiger partial charge is 0.243 e. The molecule has 3 aliphatic rings. The molecule has 0 aromatic carbocycles. The van der Waals surface area contributed by atoms with E-state index in [1.54, 1.807) is 0 Å². The van der Waals surface area contributed by atoms with E-state index in [0.717, 1.165) is 62.5 Å². The summed E-state index contributed by atoms with van der Waals surface area (Å²) >= 11 is 0. The first-order chi connectivity index (χ1) is 15.0. The van der Waals surface area contributed by atoms with Gasteiger partial charge in [0.1, 0.15) is 11.8 Å². The predicted octanol–water partition coefficient (Wildman–Crippen LogP) is 2.09. The third kappa shape index (κ3) is 4.71. The summed E-state index contributed by atoms with van der Waals surface area (Å²) < 4.78 is 5.30. The second-order valence-corrected chi connectivity index (χ2v) is 11.5. The number of carbonyl (C=O) groups is 2. The second kappa shape index (κ2) is 8.45. The fourth-order valence-corrected chi connectivity index (χ4v) is 5.71. The molecule has 8 heteroatoms. The number of amides is 2. The number of carbonyl (C=O) groups excluding carboxylic acids is 2. The van der Waals surface area contributed by atoms with Crippen LogP contribution in [-0.2, 0) is 16.1 Å². The quantitative estimate of drug-likeness (QED) is 0.764. The minimum Gasteiger partial charge on any atom is -0.361 e. The van der Waals surface area contributed by atoms with Crippen molar-refractivity contribution in [1.29, 1.82) is 0 Å². The van der Waals surface area contributed by atoms with Crippen molar-refractivity contribution in [2.75, 3.05) is 33.2 Å². The van der Waals surface area contributed by atoms with Gasteiger partial charge < -0.3 is 19.6 Å². The van der Waals surface area contributed by atoms with Crippen molar-refractivity contribution < 1.29 is 14.1 Å². The Morgan fingerprint density at radius 2 is 1.91 bits per heavy atom. The molecule has 0 aliphatic carbocycles. The normalized spacial score (nSPS) is 26.5. The van der Waals surface area contributed by atoms with E-state index >= 15 is 0 Å². The molecule has 3 aliphatic heterocycles. The number of nitrogens with one attached hydrogen (secondary N) is 1. The molecule has 1 spiro atoms. The van der Waals surface area contributed by atoms with Crippen molar-refractivity contribution in [2.45, 2.75) is 84.5 Å². The van der Waals surface area contributed by atoms with Crippen LogP contribution in [0.4, 0.5) is 0 Å². The maximum Gasteiger partial charge on any atom is 0.243 e. The summed E-state index contributed by atoms with van der Waals surface area (Å²) in [6.45, 7) is 14.7. The molecule has 0 saturated carbocycles. The fraction of sp³-hybridized carbons (Fsp3) is 0.792. The highest BCUT2D eigenvalue weighted by atomic mass is 16.5. The van der Waals surface area contributed by atoms with E-state index in [1.807, 2.05) is 18.7 Å². The Bertz CT molecular complexity index is 818. The van der Waals surface area contributed by atoms with E-state index in [-0.39, 0.29) is 29.3 Å². The van der Waals surface area contributed by atoms with E-state index in [1.165, 1.54) is 0 Å². The molecule has 2 atom stereocenters. The van der Waals surface area contributed by atoms with Crippen molar-refractivity contribution in [2.24, 2.45) is 5.41 Å². The van der Waals surface area contributed by atoms with Crippen molar-refractivity contribution >= 4 is 11.8 Å². The van der Waals surface area contributed by atoms with Crippen LogP contribution in [-0.4, -0.2) is 82.5 Å². The lowest BCUT2D eigenvalue weighted by molar-refractivity contribution is -0.135. The Kier molecular flexibility index (Phi) is 6.13. The predicted molar refractivity (Wildman–Crippen MR) is 122 cm³/mol. The number of hydrogen-bond acceptors (Lipinski definition) is 6. The van der Waals surface area contributed by atoms with Gasteiger partial charge in [0.05, 0.1) is 17.7 Å². The number of nitrogens with zero attached hydrogens (tertiary/aromatic N) is 4. The van der Waals surface area contributed by atoms with Gasteiger partial charge in [0.15, 0.2) is 0 Å². The molecule has 32 heavy (non-hydrogen) atoms. The van der Waals surface area contributed by atoms with E-state index in [2.05, 4.69) is 48.1 Å². The lowest BCUT2D eigenvalue weighted by Crippen LogP contribution is -2.56. The van der Waals surface area contributed by atoms with Crippen LogP contribution in [0, 0.1) is 19.3 Å². The van der Waals surface area contributed by atoms with Gasteiger partial charge >= 0.3 is 0 Å². The van der Waals surface area contributed by atoms with Gasteiger partial charge in [-0.1, -0.05) is 25.9 Å². The number of piperidine rings is 1. The van der Waals surface area contributed by atoms with E-state index in [4.69, 9.17) is 4.52 Å². The Labute approximate surface area is 191 Å². The van der Waals surface area contributed by atoms with Crippen LogP contribution in [0.5, 0.6) is 0 Å². The van der Waals surface area contributed by atoms with Crippen LogP contribution in [0.3, 0.4) is 0 Å². The average Bonchev–Trinajstić information content (AvgIpc) is 3.26. The summed E-state index contributed by atoms with van der Waals surface area (Å²) in [6.07, 6.45) is 2.71. The van der Waals surface area contributed by atoms with Gasteiger partial charge in [-0.05, 0) is 45.6 Å². The largest absolute Gasteiger partial charge is 0.361 e. The minimum absolute atomic E-state index is 0.0293. The summed E-state index contributed by atoms with van der Waals surface area (Å²) in [7, 11) is 2.11. The summed E-state index contributed by atoms with van der Waals surface area (Å²) in [6, 6.07) is -0.102. The van der Waals surface area contributed by atoms with Crippen molar-refractivity contribution in [3.8, 4) is 0 Å². The van der Waals surface area contributed by atoms with Crippen LogP contribution in [0.1, 0.15) is 63.5 Å². The molecule has 2 amide bonds. The summed E-state index contributed by atoms with van der Waals surface area (Å²) in [5.41, 5.74) is 1.85. The average molecular weight is 446 g/mol. The number of aryl methyl sites for hydroxylation is 2. The molecule has 0 unspecified atom stereocenters. The molecule has 0 bridgehead atoms. The van der Waals surface area contributed by atoms with Crippen LogP contribution in [0.25, 0.3) is 0 Å². The molecule has 1 aromatic rings. The van der Waals surface area contributed by atoms with Gasteiger partial charge in [-0.15, -0.1) is 0 Å². The van der Waals surface area contributed by atoms with Gasteiger partial charge in [-0.25, -0.2) is 0 Å². The number of rotatable bonds is 4. The van der Waals surface area contributed by atoms with Crippen molar-refractivity contribution in [1.82, 2.24) is 25.2 Å². The molecule has 0 radical (unpaired) electrons. The van der Waals surface area contributed by atoms with Gasteiger partial charge in [0, 0.05) is 44.3 Å². The van der Waals surface area contributed by atoms with Crippen LogP contribution >= 0.6 is 0 Å². The standard InChI is InChI=1S/C24H39N5O3/c1-16-19(17(2)32-26-16)14-28-9-7-24(8-10-28)12-21(30)29-13-18(11-20(29)22(31)25-24)27(6)15-23(3,4)5/h18,20H,7-15H2,1-6H3,(H,25,31)/t18-,20-/m0/s1. The van der Waals surface area contributed by atoms with Gasteiger partial charge in [0.25, 0.3) is 0 Å². The molecule has 8 nitrogen and oxygen atoms in total. The molecule has 3 fully saturated rings. The first kappa shape index (κ1) is 23.2. The monoisotopic (exact) mass is 445 g/mol. The van der Waals surface area contributed by atoms with Crippen molar-refractivity contribution in [3.05, 3.63) is 17.0 Å². The summed E-state index contributed by atoms with van der Waals surface area (Å²) in [4.78, 5) is 33.1. The Hall–Kier alpha value is -1.93. The highest BCUT2D eigenvalue weighted by Crippen LogP contribution is 2.34. The molecule has 4 rings (SSSR count). The number of aromatic nitrogens is 1. The molecule has 178 valence electrons. The molecule has 3 saturated heterocycles. The fourth-order valence-electron chi connectivity index (χ4n) is 5.71. The van der Waals surface area contributed by atoms with E-state index in [9.17, 15) is 9.59 Å². The topological polar surface area (TPSA) is 81.9 Å². The number of fused-ring (bicyclic) bond motifs is 1. The third-order valence-electron chi connectivity index (χ3n) is 7.50. The zero-order chi connectivity index (χ0) is 23.3. The minimum atomic E-state index is -0.416. The van der Waals surface area contributed by atoms with Gasteiger partial charge in [0.2, 0.25) is 11.8 Å². The lowest BCUT2D eigenvalue weighted by Gasteiger charge is -2.41. The van der Waals surface area contributed by atoms with Gasteiger partial charge in [-0.3, -0.25) is 14.5 Å². The maximum atomic E-state index is 13.3. The Morgan fingerprint density at radius 1 is 1.22 bits per heavy atom. The summed E-state index contributed by atoms with van der Waals surface area (Å²) in [5, 5.41) is 7.38. The second-order valence-electron chi connectivity index (χ2n) is 11.5. The number of likely N-dealkylation sites (tertiary alicyclic amines) is 1. The number of hydrogen-bond donors (Lipinski definition) is 1. The third-order valence-corrected chi connectivity index (χ3v) is 7.50.